The molecule has 0 aliphatic heterocycles. The topological polar surface area (TPSA) is 288 Å². The number of halogens is 10. The smallest absolute Gasteiger partial charge is 0.341 e. The molecule has 0 unspecified atom stereocenters. The molecule has 29 heteroatoms. The molecule has 452 valence electrons. The van der Waals surface area contributed by atoms with Crippen LogP contribution in [0.2, 0.25) is 0 Å². The number of nitro benzene ring substituents is 1. The fourth-order valence-corrected chi connectivity index (χ4v) is 6.11. The minimum atomic E-state index is -1.44. The number of thioether (sulfide) groups is 1. The average Bonchev–Trinajstić information content (AvgIpc) is 3.55. The van der Waals surface area contributed by atoms with Crippen molar-refractivity contribution in [2.75, 3.05) is 11.5 Å². The van der Waals surface area contributed by atoms with E-state index in [0.29, 0.717) is 17.8 Å². The number of hydrogen-bond donors (Lipinski definition) is 5. The lowest BCUT2D eigenvalue weighted by molar-refractivity contribution is -0.390. The molecule has 2 aromatic heterocycles. The Morgan fingerprint density at radius 1 is 0.631 bits per heavy atom. The summed E-state index contributed by atoms with van der Waals surface area (Å²) in [6.45, 7) is 15.8. The van der Waals surface area contributed by atoms with E-state index in [1.807, 2.05) is 0 Å². The number of nitrogen functional groups attached to an aromatic ring is 2. The second-order valence-electron chi connectivity index (χ2n) is 19.7. The maximum Gasteiger partial charge on any atom is 0.341 e. The number of nitrogens with two attached hydrogens (primary N) is 3. The summed E-state index contributed by atoms with van der Waals surface area (Å²) in [7, 11) is 0. The van der Waals surface area contributed by atoms with Gasteiger partial charge in [0.2, 0.25) is 28.7 Å². The van der Waals surface area contributed by atoms with Crippen LogP contribution in [0.4, 0.5) is 52.2 Å². The molecule has 6 rings (SSSR count). The Morgan fingerprint density at radius 3 is 1.37 bits per heavy atom. The van der Waals surface area contributed by atoms with Gasteiger partial charge in [-0.25, -0.2) is 26.3 Å². The first-order valence-corrected chi connectivity index (χ1v) is 25.4. The van der Waals surface area contributed by atoms with E-state index in [0.717, 1.165) is 24.3 Å². The van der Waals surface area contributed by atoms with Gasteiger partial charge in [0, 0.05) is 77.1 Å². The van der Waals surface area contributed by atoms with E-state index in [-0.39, 0.29) is 92.3 Å². The summed E-state index contributed by atoms with van der Waals surface area (Å²) in [6, 6.07) is 19.3. The van der Waals surface area contributed by atoms with Crippen molar-refractivity contribution in [2.45, 2.75) is 86.8 Å². The molecule has 0 atom stereocenters. The summed E-state index contributed by atoms with van der Waals surface area (Å²) in [6.07, 6.45) is 3.06. The molecule has 2 heterocycles. The van der Waals surface area contributed by atoms with Crippen LogP contribution in [-0.4, -0.2) is 36.2 Å². The van der Waals surface area contributed by atoms with Gasteiger partial charge in [0.05, 0.1) is 15.4 Å². The highest BCUT2D eigenvalue weighted by Crippen LogP contribution is 2.28. The van der Waals surface area contributed by atoms with Crippen molar-refractivity contribution in [3.63, 3.8) is 0 Å². The Labute approximate surface area is 498 Å². The maximum atomic E-state index is 13.9. The fraction of sp³-hybridized carbons (Fsp3) is 0.273. The van der Waals surface area contributed by atoms with Crippen LogP contribution in [0.1, 0.15) is 84.6 Å². The lowest BCUT2D eigenvalue weighted by atomic mass is 9.95. The highest BCUT2D eigenvalue weighted by molar-refractivity contribution is 8.03. The number of benzene rings is 4. The van der Waals surface area contributed by atoms with Crippen molar-refractivity contribution < 1.29 is 54.4 Å². The van der Waals surface area contributed by atoms with Crippen molar-refractivity contribution in [1.82, 2.24) is 19.8 Å². The third-order valence-electron chi connectivity index (χ3n) is 10.2. The minimum absolute atomic E-state index is 0. The standard InChI is InChI=1S/C13H14F2N2OS.C12H16F2N2O.C11H8N2O2S.C7H2F2N2O2.C7H8F2N2.C5H9ClO.ClH/c1-13(2,3)12(18)17-6-8-4-5-9(14)11(10(8)15)19-7-16;1-12(2,3)11(17)16-6-7-4-5-8(13)10(15)9(7)14;14-9-5-1-3-7-12(9)11(16)13-8-4-2-6-10(13)15;8-5-2-1-4(3-10)6(9)7(5)11(12)13;8-5-2-1-4(3-10)6(9)7(5)11;1-5(2,3)4(6)7;/h4-5H,6H2,1-3H3,(H,17,18);4-5H,6,15H2,1-3H3,(H,16,17);1-8H;1-2H;1-2H,3,10-11H2;1-3H3;1H. The Kier molecular flexibility index (Phi) is 31.0. The van der Waals surface area contributed by atoms with Crippen LogP contribution >= 0.6 is 48.0 Å². The van der Waals surface area contributed by atoms with Crippen molar-refractivity contribution in [2.24, 2.45) is 22.0 Å². The van der Waals surface area contributed by atoms with Crippen LogP contribution in [0.5, 0.6) is 0 Å². The molecule has 0 aliphatic carbocycles. The van der Waals surface area contributed by atoms with Crippen LogP contribution in [-0.2, 0) is 34.0 Å². The summed E-state index contributed by atoms with van der Waals surface area (Å²) in [5.41, 5.74) is 11.1. The predicted molar refractivity (Wildman–Crippen MR) is 310 cm³/mol. The number of nitriles is 2. The van der Waals surface area contributed by atoms with Crippen LogP contribution in [0.3, 0.4) is 0 Å². The van der Waals surface area contributed by atoms with Crippen molar-refractivity contribution in [3.05, 3.63) is 197 Å². The minimum Gasteiger partial charge on any atom is -0.394 e. The van der Waals surface area contributed by atoms with E-state index in [1.165, 1.54) is 57.9 Å². The molecule has 84 heavy (non-hydrogen) atoms. The Balaban J connectivity index is 0.00000100. The van der Waals surface area contributed by atoms with Gasteiger partial charge in [0.25, 0.3) is 11.1 Å². The number of carbonyl (C=O) groups excluding carboxylic acids is 3. The zero-order valence-corrected chi connectivity index (χ0v) is 49.5. The van der Waals surface area contributed by atoms with E-state index >= 15 is 0 Å². The van der Waals surface area contributed by atoms with Crippen molar-refractivity contribution >= 4 is 87.2 Å². The van der Waals surface area contributed by atoms with E-state index in [9.17, 15) is 69.2 Å². The summed E-state index contributed by atoms with van der Waals surface area (Å²) in [4.78, 5) is 65.0. The highest BCUT2D eigenvalue weighted by atomic mass is 35.5. The number of nitro groups is 1. The van der Waals surface area contributed by atoms with E-state index < -0.39 is 84.9 Å². The van der Waals surface area contributed by atoms with Gasteiger partial charge in [0.1, 0.15) is 46.1 Å². The molecule has 0 radical (unpaired) electrons. The number of rotatable bonds is 7. The highest BCUT2D eigenvalue weighted by Gasteiger charge is 2.25. The summed E-state index contributed by atoms with van der Waals surface area (Å²) in [5.74, 6) is -7.88. The molecule has 0 saturated carbocycles. The van der Waals surface area contributed by atoms with Crippen LogP contribution < -0.4 is 39.0 Å². The molecule has 0 aliphatic rings. The first kappa shape index (κ1) is 75.8. The van der Waals surface area contributed by atoms with Crippen LogP contribution in [0.25, 0.3) is 0 Å². The molecule has 17 nitrogen and oxygen atoms in total. The van der Waals surface area contributed by atoms with Gasteiger partial charge in [-0.3, -0.25) is 43.2 Å². The number of thiocyanates is 1. The largest absolute Gasteiger partial charge is 0.394 e. The molecule has 0 bridgehead atoms. The zero-order chi connectivity index (χ0) is 63.9. The van der Waals surface area contributed by atoms with Crippen LogP contribution in [0.15, 0.2) is 112 Å². The Bertz CT molecular complexity index is 3470. The third kappa shape index (κ3) is 23.6. The number of carbonyl (C=O) groups is 3. The SMILES string of the molecule is CC(C)(C)C(=O)Cl.CC(C)(C)C(=O)NCc1ccc(F)c(N)c1F.CC(C)(C)C(=O)NCc1ccc(F)c(SC#N)c1F.Cl.N#Cc1ccc(F)c([N+](=O)[O-])c1F.NCc1ccc(F)c(N)c1F.O=c1ccccn1C(=S)n1ccccc1=O. The fourth-order valence-electron chi connectivity index (χ4n) is 5.34. The molecule has 0 spiro atoms. The summed E-state index contributed by atoms with van der Waals surface area (Å²) in [5, 5.41) is 33.5. The molecule has 8 N–H and O–H groups in total. The quantitative estimate of drug-likeness (QED) is 0.0145. The molecule has 4 aromatic carbocycles. The molecule has 0 fully saturated rings. The average molecular weight is 1260 g/mol. The zero-order valence-electron chi connectivity index (χ0n) is 46.3. The van der Waals surface area contributed by atoms with E-state index in [4.69, 9.17) is 51.5 Å². The molecular weight excluding hydrogens is 1200 g/mol. The van der Waals surface area contributed by atoms with Gasteiger partial charge in [-0.05, 0) is 78.0 Å². The van der Waals surface area contributed by atoms with Crippen LogP contribution in [0, 0.1) is 94.9 Å². The number of nitrogens with one attached hydrogen (secondary N) is 2. The van der Waals surface area contributed by atoms with Crippen molar-refractivity contribution in [1.29, 1.82) is 10.5 Å². The lowest BCUT2D eigenvalue weighted by Gasteiger charge is -2.18. The number of aromatic nitrogens is 2. The number of anilines is 2. The van der Waals surface area contributed by atoms with Gasteiger partial charge in [-0.15, -0.1) is 12.4 Å². The molecule has 0 saturated heterocycles. The number of amides is 2. The Morgan fingerprint density at radius 2 is 1.01 bits per heavy atom. The number of thiocarbonyl (C=S) groups is 1. The lowest BCUT2D eigenvalue weighted by Crippen LogP contribution is -2.35. The number of hydrogen-bond acceptors (Lipinski definition) is 14. The first-order chi connectivity index (χ1) is 38.4. The normalized spacial score (nSPS) is 10.4. The predicted octanol–water partition coefficient (Wildman–Crippen LogP) is 11.1. The monoisotopic (exact) mass is 1260 g/mol. The first-order valence-electron chi connectivity index (χ1n) is 23.8. The molecule has 2 amide bonds. The van der Waals surface area contributed by atoms with E-state index in [2.05, 4.69) is 10.6 Å². The molecule has 6 aromatic rings. The van der Waals surface area contributed by atoms with Gasteiger partial charge >= 0.3 is 5.69 Å². The molecular formula is C55H58Cl2F8N10O7S2. The third-order valence-corrected chi connectivity index (χ3v) is 11.8. The van der Waals surface area contributed by atoms with Gasteiger partial charge in [-0.2, -0.15) is 19.3 Å². The van der Waals surface area contributed by atoms with Gasteiger partial charge in [0.15, 0.2) is 16.7 Å². The second kappa shape index (κ2) is 34.4. The second-order valence-corrected chi connectivity index (χ2v) is 21.2. The van der Waals surface area contributed by atoms with Gasteiger partial charge < -0.3 is 27.8 Å². The number of pyridine rings is 2. The summed E-state index contributed by atoms with van der Waals surface area (Å²) < 4.78 is 107. The van der Waals surface area contributed by atoms with Crippen molar-refractivity contribution in [3.8, 4) is 11.5 Å². The van der Waals surface area contributed by atoms with Gasteiger partial charge in [-0.1, -0.05) is 92.6 Å². The number of nitrogens with zero attached hydrogens (tertiary/aromatic N) is 5. The maximum absolute atomic E-state index is 13.9. The summed E-state index contributed by atoms with van der Waals surface area (Å²) >= 11 is 10.6. The Hall–Kier alpha value is -8.21. The van der Waals surface area contributed by atoms with E-state index in [1.54, 1.807) is 92.0 Å².